The molecule has 4 N–H and O–H groups in total. The van der Waals surface area contributed by atoms with Crippen LogP contribution in [0.15, 0.2) is 30.3 Å². The normalized spacial score (nSPS) is 24.5. The van der Waals surface area contributed by atoms with E-state index in [2.05, 4.69) is 49.0 Å². The molecule has 0 bridgehead atoms. The van der Waals surface area contributed by atoms with Crippen molar-refractivity contribution >= 4 is 17.7 Å². The number of nitrogens with one attached hydrogen (secondary N) is 4. The molecule has 1 aromatic rings. The van der Waals surface area contributed by atoms with Crippen molar-refractivity contribution in [1.29, 1.82) is 0 Å². The summed E-state index contributed by atoms with van der Waals surface area (Å²) in [6.07, 6.45) is 5.44. The van der Waals surface area contributed by atoms with Crippen LogP contribution in [0.5, 0.6) is 0 Å². The zero-order chi connectivity index (χ0) is 24.1. The third-order valence-corrected chi connectivity index (χ3v) is 6.79. The maximum absolute atomic E-state index is 12.9. The van der Waals surface area contributed by atoms with Crippen molar-refractivity contribution in [1.82, 2.24) is 21.3 Å². The van der Waals surface area contributed by atoms with Gasteiger partial charge in [-0.05, 0) is 84.3 Å². The second kappa shape index (κ2) is 10.7. The fraction of sp³-hybridized carbons (Fsp3) is 0.654. The maximum Gasteiger partial charge on any atom is 0.251 e. The van der Waals surface area contributed by atoms with E-state index in [1.54, 1.807) is 24.3 Å². The number of amides is 3. The number of rotatable bonds is 7. The molecule has 33 heavy (non-hydrogen) atoms. The number of carbonyl (C=O) groups is 3. The summed E-state index contributed by atoms with van der Waals surface area (Å²) in [5.74, 6) is 0.176. The molecule has 3 amide bonds. The molecule has 1 saturated heterocycles. The number of carbonyl (C=O) groups excluding carboxylic acids is 3. The van der Waals surface area contributed by atoms with Crippen LogP contribution >= 0.6 is 0 Å². The molecule has 0 aromatic heterocycles. The topological polar surface area (TPSA) is 99.3 Å². The Morgan fingerprint density at radius 3 is 2.12 bits per heavy atom. The first-order valence-electron chi connectivity index (χ1n) is 12.2. The minimum absolute atomic E-state index is 0.0100. The molecule has 3 rings (SSSR count). The Balaban J connectivity index is 1.34. The van der Waals surface area contributed by atoms with Crippen LogP contribution in [0.3, 0.4) is 0 Å². The highest BCUT2D eigenvalue weighted by Crippen LogP contribution is 2.31. The van der Waals surface area contributed by atoms with E-state index < -0.39 is 0 Å². The molecule has 1 aliphatic carbocycles. The van der Waals surface area contributed by atoms with Gasteiger partial charge in [-0.2, -0.15) is 0 Å². The maximum atomic E-state index is 12.9. The Bertz CT molecular complexity index is 813. The lowest BCUT2D eigenvalue weighted by atomic mass is 9.78. The van der Waals surface area contributed by atoms with E-state index in [0.717, 1.165) is 38.5 Å². The van der Waals surface area contributed by atoms with Gasteiger partial charge in [-0.25, -0.2) is 0 Å². The fourth-order valence-corrected chi connectivity index (χ4v) is 5.54. The van der Waals surface area contributed by atoms with E-state index in [-0.39, 0.29) is 47.3 Å². The van der Waals surface area contributed by atoms with Gasteiger partial charge in [0, 0.05) is 35.1 Å². The molecule has 7 heteroatoms. The van der Waals surface area contributed by atoms with Gasteiger partial charge in [0.15, 0.2) is 0 Å². The Kier molecular flexibility index (Phi) is 8.16. The van der Waals surface area contributed by atoms with Gasteiger partial charge in [0.05, 0.1) is 6.54 Å². The van der Waals surface area contributed by atoms with Crippen LogP contribution in [0.4, 0.5) is 0 Å². The van der Waals surface area contributed by atoms with E-state index in [1.807, 2.05) is 6.07 Å². The molecule has 0 unspecified atom stereocenters. The smallest absolute Gasteiger partial charge is 0.251 e. The van der Waals surface area contributed by atoms with E-state index in [9.17, 15) is 14.4 Å². The highest BCUT2D eigenvalue weighted by Gasteiger charge is 2.39. The van der Waals surface area contributed by atoms with E-state index >= 15 is 0 Å². The number of hydrogen-bond donors (Lipinski definition) is 4. The summed E-state index contributed by atoms with van der Waals surface area (Å²) >= 11 is 0. The predicted octanol–water partition coefficient (Wildman–Crippen LogP) is 2.76. The molecular weight excluding hydrogens is 416 g/mol. The third-order valence-electron chi connectivity index (χ3n) is 6.79. The third kappa shape index (κ3) is 7.84. The monoisotopic (exact) mass is 456 g/mol. The van der Waals surface area contributed by atoms with Gasteiger partial charge in [0.2, 0.25) is 11.8 Å². The van der Waals surface area contributed by atoms with Crippen LogP contribution in [0.1, 0.15) is 76.6 Å². The molecule has 7 nitrogen and oxygen atoms in total. The zero-order valence-electron chi connectivity index (χ0n) is 20.5. The van der Waals surface area contributed by atoms with Crippen molar-refractivity contribution < 1.29 is 14.4 Å². The lowest BCUT2D eigenvalue weighted by Gasteiger charge is -2.47. The Morgan fingerprint density at radius 2 is 1.52 bits per heavy atom. The van der Waals surface area contributed by atoms with Crippen molar-refractivity contribution in [2.24, 2.45) is 11.8 Å². The SMILES string of the molecule is CC1(C)CC(NC(=O)C2CCC(CNC(=O)CNC(=O)c3ccccc3)CC2)CC(C)(C)N1. The second-order valence-corrected chi connectivity index (χ2v) is 11.1. The molecule has 0 spiro atoms. The molecule has 2 fully saturated rings. The van der Waals surface area contributed by atoms with Crippen molar-refractivity contribution in [3.63, 3.8) is 0 Å². The average Bonchev–Trinajstić information content (AvgIpc) is 2.74. The number of piperidine rings is 1. The first-order valence-corrected chi connectivity index (χ1v) is 12.2. The molecule has 0 radical (unpaired) electrons. The molecule has 0 atom stereocenters. The molecular formula is C26H40N4O3. The van der Waals surface area contributed by atoms with Gasteiger partial charge in [-0.1, -0.05) is 18.2 Å². The molecule has 1 aliphatic heterocycles. The van der Waals surface area contributed by atoms with Crippen molar-refractivity contribution in [3.8, 4) is 0 Å². The second-order valence-electron chi connectivity index (χ2n) is 11.1. The summed E-state index contributed by atoms with van der Waals surface area (Å²) in [6, 6.07) is 9.06. The van der Waals surface area contributed by atoms with Gasteiger partial charge >= 0.3 is 0 Å². The summed E-state index contributed by atoms with van der Waals surface area (Å²) < 4.78 is 0. The molecule has 2 aliphatic rings. The zero-order valence-corrected chi connectivity index (χ0v) is 20.5. The van der Waals surface area contributed by atoms with Crippen molar-refractivity contribution in [2.75, 3.05) is 13.1 Å². The van der Waals surface area contributed by atoms with Crippen LogP contribution < -0.4 is 21.3 Å². The predicted molar refractivity (Wildman–Crippen MR) is 130 cm³/mol. The van der Waals surface area contributed by atoms with Crippen LogP contribution in [0.2, 0.25) is 0 Å². The Morgan fingerprint density at radius 1 is 0.909 bits per heavy atom. The summed E-state index contributed by atoms with van der Waals surface area (Å²) in [6.45, 7) is 9.33. The molecule has 1 saturated carbocycles. The minimum atomic E-state index is -0.252. The van der Waals surface area contributed by atoms with Crippen molar-refractivity contribution in [3.05, 3.63) is 35.9 Å². The minimum Gasteiger partial charge on any atom is -0.354 e. The van der Waals surface area contributed by atoms with E-state index in [0.29, 0.717) is 18.0 Å². The highest BCUT2D eigenvalue weighted by molar-refractivity contribution is 5.96. The Hall–Kier alpha value is -2.41. The molecule has 182 valence electrons. The Labute approximate surface area is 197 Å². The summed E-state index contributed by atoms with van der Waals surface area (Å²) in [4.78, 5) is 37.0. The fourth-order valence-electron chi connectivity index (χ4n) is 5.54. The van der Waals surface area contributed by atoms with Gasteiger partial charge in [-0.3, -0.25) is 14.4 Å². The van der Waals surface area contributed by atoms with Gasteiger partial charge < -0.3 is 21.3 Å². The lowest BCUT2D eigenvalue weighted by Crippen LogP contribution is -2.62. The standard InChI is InChI=1S/C26H40N4O3/c1-25(2)14-21(15-26(3,4)30-25)29-24(33)20-12-10-18(11-13-20)16-27-22(31)17-28-23(32)19-8-6-5-7-9-19/h5-9,18,20-21,30H,10-17H2,1-4H3,(H,27,31)(H,28,32)(H,29,33). The van der Waals surface area contributed by atoms with Crippen LogP contribution in [-0.4, -0.2) is 47.9 Å². The largest absolute Gasteiger partial charge is 0.354 e. The van der Waals surface area contributed by atoms with Gasteiger partial charge in [-0.15, -0.1) is 0 Å². The first kappa shape index (κ1) is 25.2. The molecule has 1 heterocycles. The summed E-state index contributed by atoms with van der Waals surface area (Å²) in [5, 5.41) is 12.6. The lowest BCUT2D eigenvalue weighted by molar-refractivity contribution is -0.127. The highest BCUT2D eigenvalue weighted by atomic mass is 16.2. The summed E-state index contributed by atoms with van der Waals surface area (Å²) in [5.41, 5.74) is 0.560. The van der Waals surface area contributed by atoms with Crippen molar-refractivity contribution in [2.45, 2.75) is 83.3 Å². The van der Waals surface area contributed by atoms with Gasteiger partial charge in [0.25, 0.3) is 5.91 Å². The van der Waals surface area contributed by atoms with Crippen LogP contribution in [-0.2, 0) is 9.59 Å². The quantitative estimate of drug-likeness (QED) is 0.507. The van der Waals surface area contributed by atoms with Gasteiger partial charge in [0.1, 0.15) is 0 Å². The number of hydrogen-bond acceptors (Lipinski definition) is 4. The number of benzene rings is 1. The first-order chi connectivity index (χ1) is 15.5. The van der Waals surface area contributed by atoms with E-state index in [1.165, 1.54) is 0 Å². The van der Waals surface area contributed by atoms with E-state index in [4.69, 9.17) is 0 Å². The molecule has 1 aromatic carbocycles. The van der Waals surface area contributed by atoms with Crippen LogP contribution in [0, 0.1) is 11.8 Å². The average molecular weight is 457 g/mol. The van der Waals surface area contributed by atoms with Crippen LogP contribution in [0.25, 0.3) is 0 Å². The summed E-state index contributed by atoms with van der Waals surface area (Å²) in [7, 11) is 0.